The molecule has 0 saturated carbocycles. The summed E-state index contributed by atoms with van der Waals surface area (Å²) in [7, 11) is 2.06. The normalized spacial score (nSPS) is 22.6. The Morgan fingerprint density at radius 1 is 1.04 bits per heavy atom. The van der Waals surface area contributed by atoms with Crippen molar-refractivity contribution >= 4 is 11.6 Å². The van der Waals surface area contributed by atoms with Gasteiger partial charge in [0.2, 0.25) is 5.91 Å². The maximum Gasteiger partial charge on any atom is 0.229 e. The highest BCUT2D eigenvalue weighted by Crippen LogP contribution is 2.35. The summed E-state index contributed by atoms with van der Waals surface area (Å²) in [4.78, 5) is 15.1. The van der Waals surface area contributed by atoms with Crippen molar-refractivity contribution in [3.63, 3.8) is 0 Å². The molecule has 2 aromatic carbocycles. The van der Waals surface area contributed by atoms with Crippen molar-refractivity contribution in [2.24, 2.45) is 5.92 Å². The van der Waals surface area contributed by atoms with Gasteiger partial charge in [0.25, 0.3) is 0 Å². The third-order valence-electron chi connectivity index (χ3n) is 4.88. The second-order valence-electron chi connectivity index (χ2n) is 6.69. The van der Waals surface area contributed by atoms with Crippen molar-refractivity contribution < 1.29 is 14.3 Å². The van der Waals surface area contributed by atoms with Gasteiger partial charge in [-0.3, -0.25) is 4.79 Å². The molecule has 5 heteroatoms. The van der Waals surface area contributed by atoms with Gasteiger partial charge in [-0.15, -0.1) is 0 Å². The van der Waals surface area contributed by atoms with Gasteiger partial charge >= 0.3 is 0 Å². The van der Waals surface area contributed by atoms with Crippen LogP contribution in [0.5, 0.6) is 11.5 Å². The van der Waals surface area contributed by atoms with E-state index in [1.165, 1.54) is 5.56 Å². The van der Waals surface area contributed by atoms with Crippen molar-refractivity contribution in [1.29, 1.82) is 0 Å². The minimum atomic E-state index is -0.0689. The molecule has 0 aliphatic carbocycles. The molecule has 1 fully saturated rings. The topological polar surface area (TPSA) is 50.8 Å². The Morgan fingerprint density at radius 3 is 2.60 bits per heavy atom. The number of nitrogens with one attached hydrogen (secondary N) is 1. The molecule has 1 N–H and O–H groups in total. The maximum absolute atomic E-state index is 12.9. The summed E-state index contributed by atoms with van der Waals surface area (Å²) in [6.07, 6.45) is 0. The number of likely N-dealkylation sites (N-methyl/N-ethyl adjacent to an activating group) is 1. The number of carbonyl (C=O) groups excluding carboxylic acids is 1. The lowest BCUT2D eigenvalue weighted by molar-refractivity contribution is -0.119. The van der Waals surface area contributed by atoms with E-state index in [9.17, 15) is 4.79 Å². The van der Waals surface area contributed by atoms with Gasteiger partial charge in [0, 0.05) is 30.8 Å². The number of benzene rings is 2. The van der Waals surface area contributed by atoms with Gasteiger partial charge in [-0.1, -0.05) is 30.3 Å². The van der Waals surface area contributed by atoms with E-state index in [0.29, 0.717) is 19.0 Å². The van der Waals surface area contributed by atoms with E-state index in [-0.39, 0.29) is 17.7 Å². The molecule has 2 aliphatic heterocycles. The molecule has 2 unspecified atom stereocenters. The molecule has 1 amide bonds. The van der Waals surface area contributed by atoms with Crippen molar-refractivity contribution in [3.05, 3.63) is 54.1 Å². The standard InChI is InChI=1S/C20H22N2O3/c1-22-12-16(14-5-3-2-4-6-14)17(13-22)20(23)21-15-7-8-18-19(11-15)25-10-9-24-18/h2-8,11,16-17H,9-10,12-13H2,1H3,(H,21,23). The third kappa shape index (κ3) is 3.33. The zero-order chi connectivity index (χ0) is 17.2. The highest BCUT2D eigenvalue weighted by atomic mass is 16.6. The fourth-order valence-electron chi connectivity index (χ4n) is 3.66. The first-order valence-electron chi connectivity index (χ1n) is 8.65. The maximum atomic E-state index is 12.9. The Bertz CT molecular complexity index is 763. The summed E-state index contributed by atoms with van der Waals surface area (Å²) in [5, 5.41) is 3.05. The molecule has 0 bridgehead atoms. The quantitative estimate of drug-likeness (QED) is 0.935. The predicted molar refractivity (Wildman–Crippen MR) is 96.2 cm³/mol. The number of rotatable bonds is 3. The van der Waals surface area contributed by atoms with Gasteiger partial charge in [0.15, 0.2) is 11.5 Å². The number of ether oxygens (including phenoxy) is 2. The van der Waals surface area contributed by atoms with Crippen molar-refractivity contribution in [2.45, 2.75) is 5.92 Å². The first-order chi connectivity index (χ1) is 12.2. The zero-order valence-corrected chi connectivity index (χ0v) is 14.3. The van der Waals surface area contributed by atoms with E-state index in [1.54, 1.807) is 0 Å². The van der Waals surface area contributed by atoms with Gasteiger partial charge in [0.05, 0.1) is 5.92 Å². The molecule has 130 valence electrons. The van der Waals surface area contributed by atoms with E-state index in [4.69, 9.17) is 9.47 Å². The molecule has 0 aromatic heterocycles. The monoisotopic (exact) mass is 338 g/mol. The first-order valence-corrected chi connectivity index (χ1v) is 8.65. The van der Waals surface area contributed by atoms with E-state index < -0.39 is 0 Å². The summed E-state index contributed by atoms with van der Waals surface area (Å²) in [6, 6.07) is 15.8. The zero-order valence-electron chi connectivity index (χ0n) is 14.3. The van der Waals surface area contributed by atoms with Crippen LogP contribution in [-0.2, 0) is 4.79 Å². The van der Waals surface area contributed by atoms with Crippen LogP contribution in [0.3, 0.4) is 0 Å². The lowest BCUT2D eigenvalue weighted by Gasteiger charge is -2.21. The minimum absolute atomic E-state index is 0.0508. The number of hydrogen-bond acceptors (Lipinski definition) is 4. The van der Waals surface area contributed by atoms with Gasteiger partial charge < -0.3 is 19.7 Å². The Kier molecular flexibility index (Phi) is 4.32. The lowest BCUT2D eigenvalue weighted by atomic mass is 9.88. The second kappa shape index (κ2) is 6.76. The van der Waals surface area contributed by atoms with E-state index in [2.05, 4.69) is 29.4 Å². The smallest absolute Gasteiger partial charge is 0.229 e. The Morgan fingerprint density at radius 2 is 1.80 bits per heavy atom. The third-order valence-corrected chi connectivity index (χ3v) is 4.88. The summed E-state index contributed by atoms with van der Waals surface area (Å²) in [6.45, 7) is 2.75. The van der Waals surface area contributed by atoms with Crippen LogP contribution >= 0.6 is 0 Å². The summed E-state index contributed by atoms with van der Waals surface area (Å²) in [5.74, 6) is 1.61. The van der Waals surface area contributed by atoms with Crippen molar-refractivity contribution in [2.75, 3.05) is 38.7 Å². The summed E-state index contributed by atoms with van der Waals surface area (Å²) >= 11 is 0. The van der Waals surface area contributed by atoms with Crippen LogP contribution in [0.25, 0.3) is 0 Å². The average Bonchev–Trinajstić information content (AvgIpc) is 3.04. The van der Waals surface area contributed by atoms with Gasteiger partial charge in [-0.2, -0.15) is 0 Å². The number of likely N-dealkylation sites (tertiary alicyclic amines) is 1. The van der Waals surface area contributed by atoms with Crippen LogP contribution in [0.1, 0.15) is 11.5 Å². The minimum Gasteiger partial charge on any atom is -0.486 e. The summed E-state index contributed by atoms with van der Waals surface area (Å²) < 4.78 is 11.1. The Labute approximate surface area is 147 Å². The van der Waals surface area contributed by atoms with Crippen LogP contribution < -0.4 is 14.8 Å². The first kappa shape index (κ1) is 16.0. The van der Waals surface area contributed by atoms with E-state index >= 15 is 0 Å². The molecule has 25 heavy (non-hydrogen) atoms. The SMILES string of the molecule is CN1CC(C(=O)Nc2ccc3c(c2)OCCO3)C(c2ccccc2)C1. The van der Waals surface area contributed by atoms with Crippen LogP contribution in [0.15, 0.2) is 48.5 Å². The molecule has 0 spiro atoms. The Balaban J connectivity index is 1.51. The predicted octanol–water partition coefficient (Wildman–Crippen LogP) is 2.74. The molecule has 2 atom stereocenters. The molecule has 2 aromatic rings. The molecule has 2 aliphatic rings. The van der Waals surface area contributed by atoms with Crippen molar-refractivity contribution in [3.8, 4) is 11.5 Å². The fraction of sp³-hybridized carbons (Fsp3) is 0.350. The highest BCUT2D eigenvalue weighted by Gasteiger charge is 2.37. The van der Waals surface area contributed by atoms with Gasteiger partial charge in [-0.25, -0.2) is 0 Å². The molecule has 4 rings (SSSR count). The Hall–Kier alpha value is -2.53. The van der Waals surface area contributed by atoms with Crippen LogP contribution in [0, 0.1) is 5.92 Å². The fourth-order valence-corrected chi connectivity index (χ4v) is 3.66. The largest absolute Gasteiger partial charge is 0.486 e. The van der Waals surface area contributed by atoms with E-state index in [0.717, 1.165) is 24.5 Å². The molecular formula is C20H22N2O3. The van der Waals surface area contributed by atoms with Crippen LogP contribution in [-0.4, -0.2) is 44.2 Å². The molecule has 5 nitrogen and oxygen atoms in total. The number of carbonyl (C=O) groups is 1. The number of hydrogen-bond donors (Lipinski definition) is 1. The van der Waals surface area contributed by atoms with E-state index in [1.807, 2.05) is 36.4 Å². The summed E-state index contributed by atoms with van der Waals surface area (Å²) in [5.41, 5.74) is 1.96. The number of fused-ring (bicyclic) bond motifs is 1. The molecular weight excluding hydrogens is 316 g/mol. The highest BCUT2D eigenvalue weighted by molar-refractivity contribution is 5.94. The average molecular weight is 338 g/mol. The van der Waals surface area contributed by atoms with Crippen molar-refractivity contribution in [1.82, 2.24) is 4.90 Å². The number of anilines is 1. The number of amides is 1. The van der Waals surface area contributed by atoms with Gasteiger partial charge in [-0.05, 0) is 24.7 Å². The van der Waals surface area contributed by atoms with Gasteiger partial charge in [0.1, 0.15) is 13.2 Å². The van der Waals surface area contributed by atoms with Crippen LogP contribution in [0.4, 0.5) is 5.69 Å². The molecule has 0 radical (unpaired) electrons. The van der Waals surface area contributed by atoms with Crippen LogP contribution in [0.2, 0.25) is 0 Å². The molecule has 1 saturated heterocycles. The lowest BCUT2D eigenvalue weighted by Crippen LogP contribution is -2.28. The molecule has 2 heterocycles. The second-order valence-corrected chi connectivity index (χ2v) is 6.69. The number of nitrogens with zero attached hydrogens (tertiary/aromatic N) is 1.